The second-order valence-electron chi connectivity index (χ2n) is 5.38. The van der Waals surface area contributed by atoms with Crippen molar-refractivity contribution < 1.29 is 23.0 Å². The maximum Gasteiger partial charge on any atom is 0.387 e. The molecule has 0 atom stereocenters. The number of carbonyl (C=O) groups is 1. The predicted molar refractivity (Wildman–Crippen MR) is 90.9 cm³/mol. The summed E-state index contributed by atoms with van der Waals surface area (Å²) < 4.78 is 34.7. The number of hydrogen-bond acceptors (Lipinski definition) is 4. The predicted octanol–water partition coefficient (Wildman–Crippen LogP) is 3.54. The van der Waals surface area contributed by atoms with E-state index in [2.05, 4.69) is 4.74 Å². The van der Waals surface area contributed by atoms with Gasteiger partial charge in [-0.2, -0.15) is 8.78 Å². The molecule has 0 saturated carbocycles. The molecule has 0 heterocycles. The third kappa shape index (κ3) is 5.07. The minimum Gasteiger partial charge on any atom is -0.490 e. The zero-order chi connectivity index (χ0) is 18.4. The van der Waals surface area contributed by atoms with Gasteiger partial charge in [0.05, 0.1) is 6.61 Å². The lowest BCUT2D eigenvalue weighted by atomic mass is 10.1. The van der Waals surface area contributed by atoms with Crippen LogP contribution in [0.15, 0.2) is 42.5 Å². The van der Waals surface area contributed by atoms with Gasteiger partial charge >= 0.3 is 6.61 Å². The second kappa shape index (κ2) is 8.32. The highest BCUT2D eigenvalue weighted by Gasteiger charge is 2.15. The van der Waals surface area contributed by atoms with Gasteiger partial charge in [0.1, 0.15) is 0 Å². The lowest BCUT2D eigenvalue weighted by molar-refractivity contribution is -0.0514. The van der Waals surface area contributed by atoms with E-state index >= 15 is 0 Å². The van der Waals surface area contributed by atoms with Crippen molar-refractivity contribution in [3.8, 4) is 11.5 Å². The molecule has 0 aliphatic rings. The highest BCUT2D eigenvalue weighted by Crippen LogP contribution is 2.30. The van der Waals surface area contributed by atoms with Gasteiger partial charge in [-0.05, 0) is 42.8 Å². The minimum absolute atomic E-state index is 0.0367. The van der Waals surface area contributed by atoms with Gasteiger partial charge < -0.3 is 20.1 Å². The maximum atomic E-state index is 12.4. The molecule has 2 N–H and O–H groups in total. The summed E-state index contributed by atoms with van der Waals surface area (Å²) in [6, 6.07) is 11.3. The van der Waals surface area contributed by atoms with E-state index in [1.54, 1.807) is 50.4 Å². The quantitative estimate of drug-likeness (QED) is 0.776. The first-order valence-corrected chi connectivity index (χ1v) is 7.72. The zero-order valence-corrected chi connectivity index (χ0v) is 14.0. The van der Waals surface area contributed by atoms with E-state index in [1.807, 2.05) is 0 Å². The van der Waals surface area contributed by atoms with E-state index in [9.17, 15) is 13.6 Å². The Balaban J connectivity index is 2.15. The third-order valence-electron chi connectivity index (χ3n) is 3.42. The van der Waals surface area contributed by atoms with Crippen molar-refractivity contribution in [3.05, 3.63) is 53.6 Å². The van der Waals surface area contributed by atoms with Crippen molar-refractivity contribution in [2.24, 2.45) is 0 Å². The fourth-order valence-corrected chi connectivity index (χ4v) is 2.35. The molecule has 0 aliphatic heterocycles. The molecule has 0 fully saturated rings. The van der Waals surface area contributed by atoms with Crippen molar-refractivity contribution in [1.82, 2.24) is 4.90 Å². The number of halogens is 2. The Morgan fingerprint density at radius 1 is 1.20 bits per heavy atom. The number of anilines is 1. The van der Waals surface area contributed by atoms with Gasteiger partial charge in [-0.3, -0.25) is 4.79 Å². The fourth-order valence-electron chi connectivity index (χ4n) is 2.35. The monoisotopic (exact) mass is 350 g/mol. The van der Waals surface area contributed by atoms with E-state index < -0.39 is 6.61 Å². The summed E-state index contributed by atoms with van der Waals surface area (Å²) in [5.41, 5.74) is 7.41. The van der Waals surface area contributed by atoms with Gasteiger partial charge in [-0.15, -0.1) is 0 Å². The summed E-state index contributed by atoms with van der Waals surface area (Å²) in [4.78, 5) is 13.9. The lowest BCUT2D eigenvalue weighted by Gasteiger charge is -2.19. The first kappa shape index (κ1) is 18.5. The number of nitrogens with two attached hydrogens (primary N) is 1. The van der Waals surface area contributed by atoms with Crippen LogP contribution < -0.4 is 15.2 Å². The van der Waals surface area contributed by atoms with Gasteiger partial charge in [0.25, 0.3) is 5.91 Å². The number of amides is 1. The molecule has 0 bridgehead atoms. The molecule has 7 heteroatoms. The molecular formula is C18H20F2N2O3. The number of rotatable bonds is 7. The van der Waals surface area contributed by atoms with E-state index in [-0.39, 0.29) is 24.0 Å². The Bertz CT molecular complexity index is 738. The van der Waals surface area contributed by atoms with Gasteiger partial charge in [0, 0.05) is 24.8 Å². The molecule has 0 aromatic heterocycles. The van der Waals surface area contributed by atoms with Crippen molar-refractivity contribution in [2.75, 3.05) is 19.4 Å². The molecule has 2 aromatic rings. The van der Waals surface area contributed by atoms with Gasteiger partial charge in [0.15, 0.2) is 11.5 Å². The maximum absolute atomic E-state index is 12.4. The SMILES string of the molecule is CCOc1cc(CN(C)C(=O)c2cccc(N)c2)ccc1OC(F)F. The summed E-state index contributed by atoms with van der Waals surface area (Å²) in [6.45, 7) is -0.601. The topological polar surface area (TPSA) is 64.8 Å². The number of alkyl halides is 2. The average molecular weight is 350 g/mol. The molecule has 134 valence electrons. The number of benzene rings is 2. The molecule has 25 heavy (non-hydrogen) atoms. The van der Waals surface area contributed by atoms with Crippen molar-refractivity contribution >= 4 is 11.6 Å². The Morgan fingerprint density at radius 2 is 1.96 bits per heavy atom. The molecule has 0 saturated heterocycles. The van der Waals surface area contributed by atoms with Crippen molar-refractivity contribution in [3.63, 3.8) is 0 Å². The normalized spacial score (nSPS) is 10.6. The van der Waals surface area contributed by atoms with Crippen LogP contribution in [0.3, 0.4) is 0 Å². The Hall–Kier alpha value is -2.83. The minimum atomic E-state index is -2.93. The summed E-state index contributed by atoms with van der Waals surface area (Å²) in [5.74, 6) is -0.0197. The Morgan fingerprint density at radius 3 is 2.60 bits per heavy atom. The molecular weight excluding hydrogens is 330 g/mol. The van der Waals surface area contributed by atoms with Crippen LogP contribution in [-0.2, 0) is 6.54 Å². The van der Waals surface area contributed by atoms with Crippen LogP contribution >= 0.6 is 0 Å². The number of nitrogen functional groups attached to an aromatic ring is 1. The Kier molecular flexibility index (Phi) is 6.16. The smallest absolute Gasteiger partial charge is 0.387 e. The highest BCUT2D eigenvalue weighted by molar-refractivity contribution is 5.94. The third-order valence-corrected chi connectivity index (χ3v) is 3.42. The van der Waals surface area contributed by atoms with E-state index in [0.717, 1.165) is 5.56 Å². The van der Waals surface area contributed by atoms with Crippen LogP contribution in [0, 0.1) is 0 Å². The zero-order valence-electron chi connectivity index (χ0n) is 14.0. The molecule has 0 aliphatic carbocycles. The second-order valence-corrected chi connectivity index (χ2v) is 5.38. The first-order chi connectivity index (χ1) is 11.9. The molecule has 0 spiro atoms. The summed E-state index contributed by atoms with van der Waals surface area (Å²) in [7, 11) is 1.65. The van der Waals surface area contributed by atoms with Gasteiger partial charge in [-0.25, -0.2) is 0 Å². The number of nitrogens with zero attached hydrogens (tertiary/aromatic N) is 1. The van der Waals surface area contributed by atoms with Crippen LogP contribution in [0.25, 0.3) is 0 Å². The molecule has 2 rings (SSSR count). The van der Waals surface area contributed by atoms with Crippen LogP contribution in [0.2, 0.25) is 0 Å². The fraction of sp³-hybridized carbons (Fsp3) is 0.278. The summed E-state index contributed by atoms with van der Waals surface area (Å²) >= 11 is 0. The van der Waals surface area contributed by atoms with Crippen LogP contribution in [0.5, 0.6) is 11.5 Å². The van der Waals surface area contributed by atoms with Crippen molar-refractivity contribution in [1.29, 1.82) is 0 Å². The lowest BCUT2D eigenvalue weighted by Crippen LogP contribution is -2.26. The van der Waals surface area contributed by atoms with E-state index in [0.29, 0.717) is 17.9 Å². The van der Waals surface area contributed by atoms with Gasteiger partial charge in [0.2, 0.25) is 0 Å². The molecule has 0 radical (unpaired) electrons. The summed E-state index contributed by atoms with van der Waals surface area (Å²) in [5, 5.41) is 0. The Labute approximate surface area is 144 Å². The van der Waals surface area contributed by atoms with Crippen LogP contribution in [-0.4, -0.2) is 31.1 Å². The van der Waals surface area contributed by atoms with E-state index in [4.69, 9.17) is 10.5 Å². The number of hydrogen-bond donors (Lipinski definition) is 1. The largest absolute Gasteiger partial charge is 0.490 e. The standard InChI is InChI=1S/C18H20F2N2O3/c1-3-24-16-9-12(7-8-15(16)25-18(19)20)11-22(2)17(23)13-5-4-6-14(21)10-13/h4-10,18H,3,11,21H2,1-2H3. The molecule has 2 aromatic carbocycles. The molecule has 1 amide bonds. The highest BCUT2D eigenvalue weighted by atomic mass is 19.3. The molecule has 0 unspecified atom stereocenters. The average Bonchev–Trinajstić information content (AvgIpc) is 2.56. The number of carbonyl (C=O) groups excluding carboxylic acids is 1. The molecule has 5 nitrogen and oxygen atoms in total. The van der Waals surface area contributed by atoms with Crippen molar-refractivity contribution in [2.45, 2.75) is 20.1 Å². The van der Waals surface area contributed by atoms with Crippen LogP contribution in [0.1, 0.15) is 22.8 Å². The number of ether oxygens (including phenoxy) is 2. The van der Waals surface area contributed by atoms with E-state index in [1.165, 1.54) is 11.0 Å². The summed E-state index contributed by atoms with van der Waals surface area (Å²) in [6.07, 6.45) is 0. The first-order valence-electron chi connectivity index (χ1n) is 7.72. The van der Waals surface area contributed by atoms with Crippen LogP contribution in [0.4, 0.5) is 14.5 Å². The van der Waals surface area contributed by atoms with Gasteiger partial charge in [-0.1, -0.05) is 12.1 Å².